The lowest BCUT2D eigenvalue weighted by atomic mass is 10.4. The van der Waals surface area contributed by atoms with Crippen LogP contribution >= 0.6 is 0 Å². The van der Waals surface area contributed by atoms with Crippen molar-refractivity contribution in [2.24, 2.45) is 0 Å². The highest BCUT2D eigenvalue weighted by Gasteiger charge is 2.16. The second kappa shape index (κ2) is 2.50. The third-order valence-corrected chi connectivity index (χ3v) is 1.54. The molecule has 3 heteroatoms. The van der Waals surface area contributed by atoms with Crippen LogP contribution in [0.15, 0.2) is 11.9 Å². The van der Waals surface area contributed by atoms with Gasteiger partial charge in [-0.15, -0.1) is 5.12 Å². The first-order valence-electron chi connectivity index (χ1n) is 3.58. The van der Waals surface area contributed by atoms with Gasteiger partial charge < -0.3 is 5.43 Å². The Morgan fingerprint density at radius 2 is 2.10 bits per heavy atom. The number of hydrogen-bond donors (Lipinski definition) is 1. The molecular weight excluding hydrogens is 126 g/mol. The summed E-state index contributed by atoms with van der Waals surface area (Å²) in [7, 11) is 2.01. The van der Waals surface area contributed by atoms with Crippen molar-refractivity contribution in [2.75, 3.05) is 7.05 Å². The van der Waals surface area contributed by atoms with E-state index >= 15 is 0 Å². The van der Waals surface area contributed by atoms with Crippen LogP contribution in [0.4, 0.5) is 0 Å². The summed E-state index contributed by atoms with van der Waals surface area (Å²) in [6.45, 7) is 6.37. The second-order valence-corrected chi connectivity index (χ2v) is 2.92. The Bertz CT molecular complexity index is 151. The van der Waals surface area contributed by atoms with E-state index in [2.05, 4.69) is 37.4 Å². The Kier molecular flexibility index (Phi) is 1.85. The Hall–Kier alpha value is -0.700. The molecule has 0 aromatic heterocycles. The molecule has 0 atom stereocenters. The van der Waals surface area contributed by atoms with Crippen LogP contribution in [0.5, 0.6) is 0 Å². The van der Waals surface area contributed by atoms with E-state index < -0.39 is 0 Å². The Balaban J connectivity index is 2.60. The van der Waals surface area contributed by atoms with Crippen molar-refractivity contribution in [3.8, 4) is 0 Å². The van der Waals surface area contributed by atoms with Crippen LogP contribution in [-0.2, 0) is 0 Å². The summed E-state index contributed by atoms with van der Waals surface area (Å²) in [6.07, 6.45) is 2.10. The van der Waals surface area contributed by atoms with Crippen LogP contribution in [0, 0.1) is 0 Å². The molecule has 3 nitrogen and oxygen atoms in total. The van der Waals surface area contributed by atoms with Gasteiger partial charge in [-0.1, -0.05) is 0 Å². The van der Waals surface area contributed by atoms with E-state index in [0.717, 1.165) is 0 Å². The van der Waals surface area contributed by atoms with Gasteiger partial charge >= 0.3 is 0 Å². The molecule has 1 aliphatic rings. The molecule has 0 radical (unpaired) electrons. The second-order valence-electron chi connectivity index (χ2n) is 2.92. The van der Waals surface area contributed by atoms with Crippen molar-refractivity contribution >= 4 is 0 Å². The maximum absolute atomic E-state index is 3.17. The smallest absolute Gasteiger partial charge is 0.0425 e. The fraction of sp³-hybridized carbons (Fsp3) is 0.714. The molecule has 0 saturated heterocycles. The third-order valence-electron chi connectivity index (χ3n) is 1.54. The van der Waals surface area contributed by atoms with Crippen LogP contribution in [0.25, 0.3) is 0 Å². The van der Waals surface area contributed by atoms with Gasteiger partial charge in [0.2, 0.25) is 0 Å². The molecule has 0 fully saturated rings. The highest BCUT2D eigenvalue weighted by Crippen LogP contribution is 2.09. The van der Waals surface area contributed by atoms with Gasteiger partial charge in [-0.05, 0) is 20.8 Å². The summed E-state index contributed by atoms with van der Waals surface area (Å²) in [6, 6.07) is 0.523. The number of allylic oxidation sites excluding steroid dienone is 1. The third kappa shape index (κ3) is 1.24. The fourth-order valence-corrected chi connectivity index (χ4v) is 1.12. The predicted molar refractivity (Wildman–Crippen MR) is 41.6 cm³/mol. The molecule has 0 saturated carbocycles. The topological polar surface area (TPSA) is 18.5 Å². The van der Waals surface area contributed by atoms with E-state index in [1.54, 1.807) is 0 Å². The lowest BCUT2D eigenvalue weighted by Gasteiger charge is -2.28. The zero-order chi connectivity index (χ0) is 7.72. The van der Waals surface area contributed by atoms with Gasteiger partial charge in [0.1, 0.15) is 0 Å². The molecule has 10 heavy (non-hydrogen) atoms. The van der Waals surface area contributed by atoms with Crippen LogP contribution in [0.2, 0.25) is 0 Å². The van der Waals surface area contributed by atoms with E-state index in [9.17, 15) is 0 Å². The molecule has 0 bridgehead atoms. The first-order valence-corrected chi connectivity index (χ1v) is 3.58. The number of nitrogens with one attached hydrogen (secondary N) is 1. The maximum atomic E-state index is 3.17. The molecule has 0 aliphatic carbocycles. The Morgan fingerprint density at radius 1 is 1.50 bits per heavy atom. The highest BCUT2D eigenvalue weighted by atomic mass is 15.8. The quantitative estimate of drug-likeness (QED) is 0.586. The molecule has 1 heterocycles. The molecule has 58 valence electrons. The van der Waals surface area contributed by atoms with Crippen LogP contribution < -0.4 is 5.43 Å². The molecule has 1 N–H and O–H groups in total. The summed E-state index contributed by atoms with van der Waals surface area (Å²) in [5.41, 5.74) is 4.36. The fourth-order valence-electron chi connectivity index (χ4n) is 1.12. The van der Waals surface area contributed by atoms with E-state index in [4.69, 9.17) is 0 Å². The van der Waals surface area contributed by atoms with Crippen LogP contribution in [0.1, 0.15) is 20.8 Å². The van der Waals surface area contributed by atoms with Crippen molar-refractivity contribution in [3.63, 3.8) is 0 Å². The van der Waals surface area contributed by atoms with Crippen molar-refractivity contribution < 1.29 is 0 Å². The van der Waals surface area contributed by atoms with E-state index in [0.29, 0.717) is 6.04 Å². The van der Waals surface area contributed by atoms with E-state index in [1.165, 1.54) is 5.70 Å². The average Bonchev–Trinajstić information content (AvgIpc) is 2.10. The van der Waals surface area contributed by atoms with Gasteiger partial charge in [-0.2, -0.15) is 0 Å². The molecular formula is C7H15N3. The highest BCUT2D eigenvalue weighted by molar-refractivity contribution is 4.98. The SMILES string of the molecule is CC1=CN(C(C)C)N(C)N1. The number of hydrazine groups is 2. The lowest BCUT2D eigenvalue weighted by molar-refractivity contribution is 0.00943. The zero-order valence-electron chi connectivity index (χ0n) is 7.05. The summed E-state index contributed by atoms with van der Waals surface area (Å²) in [4.78, 5) is 0. The average molecular weight is 141 g/mol. The Labute approximate surface area is 62.2 Å². The standard InChI is InChI=1S/C7H15N3/c1-6(2)10-5-7(3)8-9(10)4/h5-6,8H,1-4H3. The minimum absolute atomic E-state index is 0.523. The van der Waals surface area contributed by atoms with Crippen molar-refractivity contribution in [1.82, 2.24) is 15.6 Å². The summed E-state index contributed by atoms with van der Waals surface area (Å²) in [5, 5.41) is 4.13. The monoisotopic (exact) mass is 141 g/mol. The zero-order valence-corrected chi connectivity index (χ0v) is 7.05. The van der Waals surface area contributed by atoms with Gasteiger partial charge in [-0.3, -0.25) is 5.01 Å². The lowest BCUT2D eigenvalue weighted by Crippen LogP contribution is -2.42. The van der Waals surface area contributed by atoms with Crippen molar-refractivity contribution in [1.29, 1.82) is 0 Å². The van der Waals surface area contributed by atoms with Crippen molar-refractivity contribution in [2.45, 2.75) is 26.8 Å². The van der Waals surface area contributed by atoms with Gasteiger partial charge in [0.15, 0.2) is 0 Å². The minimum Gasteiger partial charge on any atom is -0.304 e. The molecule has 0 aromatic rings. The number of rotatable bonds is 1. The van der Waals surface area contributed by atoms with E-state index in [1.807, 2.05) is 12.2 Å². The Morgan fingerprint density at radius 3 is 2.30 bits per heavy atom. The molecule has 0 unspecified atom stereocenters. The molecule has 0 aromatic carbocycles. The summed E-state index contributed by atoms with van der Waals surface area (Å²) in [5.74, 6) is 0. The number of nitrogens with zero attached hydrogens (tertiary/aromatic N) is 2. The minimum atomic E-state index is 0.523. The van der Waals surface area contributed by atoms with E-state index in [-0.39, 0.29) is 0 Å². The van der Waals surface area contributed by atoms with Crippen LogP contribution in [0.3, 0.4) is 0 Å². The summed E-state index contributed by atoms with van der Waals surface area (Å²) < 4.78 is 0. The maximum Gasteiger partial charge on any atom is 0.0425 e. The normalized spacial score (nSPS) is 19.7. The summed E-state index contributed by atoms with van der Waals surface area (Å²) >= 11 is 0. The van der Waals surface area contributed by atoms with Crippen LogP contribution in [-0.4, -0.2) is 23.2 Å². The van der Waals surface area contributed by atoms with Gasteiger partial charge in [0.05, 0.1) is 0 Å². The number of hydrogen-bond acceptors (Lipinski definition) is 3. The predicted octanol–water partition coefficient (Wildman–Crippen LogP) is 0.923. The molecule has 0 spiro atoms. The first-order chi connectivity index (χ1) is 4.61. The first kappa shape index (κ1) is 7.41. The molecule has 1 rings (SSSR count). The van der Waals surface area contributed by atoms with Gasteiger partial charge in [-0.25, -0.2) is 0 Å². The molecule has 1 aliphatic heterocycles. The largest absolute Gasteiger partial charge is 0.304 e. The van der Waals surface area contributed by atoms with Crippen molar-refractivity contribution in [3.05, 3.63) is 11.9 Å². The van der Waals surface area contributed by atoms with Gasteiger partial charge in [0, 0.05) is 25.0 Å². The molecule has 0 amide bonds. The van der Waals surface area contributed by atoms with Gasteiger partial charge in [0.25, 0.3) is 0 Å².